The molecule has 0 fully saturated rings. The first kappa shape index (κ1) is 11.0. The number of methoxy groups -OCH3 is 1. The Morgan fingerprint density at radius 2 is 2.06 bits per heavy atom. The summed E-state index contributed by atoms with van der Waals surface area (Å²) in [5.41, 5.74) is 1.18. The SMILES string of the molecule is COc1ccc(Cc2nc(SC)n[nH]2)cc1. The van der Waals surface area contributed by atoms with Gasteiger partial charge in [-0.25, -0.2) is 4.98 Å². The van der Waals surface area contributed by atoms with Crippen molar-refractivity contribution in [3.05, 3.63) is 35.7 Å². The molecule has 2 aromatic rings. The van der Waals surface area contributed by atoms with Crippen LogP contribution >= 0.6 is 11.8 Å². The number of nitrogens with zero attached hydrogens (tertiary/aromatic N) is 2. The number of benzene rings is 1. The number of rotatable bonds is 4. The highest BCUT2D eigenvalue weighted by atomic mass is 32.2. The third kappa shape index (κ3) is 2.55. The van der Waals surface area contributed by atoms with Crippen molar-refractivity contribution >= 4 is 11.8 Å². The van der Waals surface area contributed by atoms with Gasteiger partial charge in [-0.1, -0.05) is 23.9 Å². The van der Waals surface area contributed by atoms with Gasteiger partial charge < -0.3 is 4.74 Å². The molecule has 1 N–H and O–H groups in total. The fraction of sp³-hybridized carbons (Fsp3) is 0.273. The van der Waals surface area contributed by atoms with Crippen LogP contribution in [0.1, 0.15) is 11.4 Å². The molecule has 0 amide bonds. The molecule has 4 nitrogen and oxygen atoms in total. The molecule has 0 radical (unpaired) electrons. The average Bonchev–Trinajstić information content (AvgIpc) is 2.78. The number of H-pyrrole nitrogens is 1. The molecule has 16 heavy (non-hydrogen) atoms. The van der Waals surface area contributed by atoms with Gasteiger partial charge in [-0.15, -0.1) is 5.10 Å². The van der Waals surface area contributed by atoms with Crippen molar-refractivity contribution < 1.29 is 4.74 Å². The molecule has 0 unspecified atom stereocenters. The van der Waals surface area contributed by atoms with Gasteiger partial charge in [0, 0.05) is 6.42 Å². The first-order valence-corrected chi connectivity index (χ1v) is 6.12. The number of aromatic amines is 1. The number of thioether (sulfide) groups is 1. The minimum absolute atomic E-state index is 0.761. The summed E-state index contributed by atoms with van der Waals surface area (Å²) in [6.45, 7) is 0. The quantitative estimate of drug-likeness (QED) is 0.825. The summed E-state index contributed by atoms with van der Waals surface area (Å²) < 4.78 is 5.10. The standard InChI is InChI=1S/C11H13N3OS/c1-15-9-5-3-8(4-6-9)7-10-12-11(16-2)14-13-10/h3-6H,7H2,1-2H3,(H,12,13,14). The van der Waals surface area contributed by atoms with E-state index in [0.717, 1.165) is 23.2 Å². The number of aromatic nitrogens is 3. The van der Waals surface area contributed by atoms with E-state index in [4.69, 9.17) is 4.74 Å². The van der Waals surface area contributed by atoms with Crippen molar-refractivity contribution in [1.29, 1.82) is 0 Å². The first-order valence-electron chi connectivity index (χ1n) is 4.90. The highest BCUT2D eigenvalue weighted by molar-refractivity contribution is 7.98. The predicted molar refractivity (Wildman–Crippen MR) is 64.0 cm³/mol. The van der Waals surface area contributed by atoms with Gasteiger partial charge in [-0.3, -0.25) is 5.10 Å². The summed E-state index contributed by atoms with van der Waals surface area (Å²) in [5.74, 6) is 1.75. The second-order valence-electron chi connectivity index (χ2n) is 3.29. The molecule has 0 aliphatic rings. The summed E-state index contributed by atoms with van der Waals surface area (Å²) in [4.78, 5) is 4.33. The van der Waals surface area contributed by atoms with Crippen LogP contribution in [0.4, 0.5) is 0 Å². The first-order chi connectivity index (χ1) is 7.81. The van der Waals surface area contributed by atoms with Crippen LogP contribution in [-0.2, 0) is 6.42 Å². The van der Waals surface area contributed by atoms with Gasteiger partial charge in [0.1, 0.15) is 11.6 Å². The minimum atomic E-state index is 0.761. The molecule has 0 saturated carbocycles. The van der Waals surface area contributed by atoms with Crippen LogP contribution in [-0.4, -0.2) is 28.5 Å². The number of hydrogen-bond acceptors (Lipinski definition) is 4. The maximum absolute atomic E-state index is 5.10. The van der Waals surface area contributed by atoms with Crippen LogP contribution in [0, 0.1) is 0 Å². The van der Waals surface area contributed by atoms with Gasteiger partial charge >= 0.3 is 0 Å². The monoisotopic (exact) mass is 235 g/mol. The molecular formula is C11H13N3OS. The highest BCUT2D eigenvalue weighted by Crippen LogP contribution is 2.14. The molecule has 0 saturated heterocycles. The molecule has 2 rings (SSSR count). The fourth-order valence-electron chi connectivity index (χ4n) is 1.38. The molecule has 1 aromatic carbocycles. The van der Waals surface area contributed by atoms with E-state index in [1.165, 1.54) is 17.3 Å². The Hall–Kier alpha value is -1.49. The number of nitrogens with one attached hydrogen (secondary N) is 1. The molecule has 1 heterocycles. The summed E-state index contributed by atoms with van der Waals surface area (Å²) in [6.07, 6.45) is 2.72. The lowest BCUT2D eigenvalue weighted by atomic mass is 10.1. The lowest BCUT2D eigenvalue weighted by molar-refractivity contribution is 0.414. The van der Waals surface area contributed by atoms with Crippen molar-refractivity contribution in [1.82, 2.24) is 15.2 Å². The summed E-state index contributed by atoms with van der Waals surface area (Å²) in [6, 6.07) is 7.95. The van der Waals surface area contributed by atoms with E-state index < -0.39 is 0 Å². The topological polar surface area (TPSA) is 50.8 Å². The van der Waals surface area contributed by atoms with Crippen molar-refractivity contribution in [2.24, 2.45) is 0 Å². The lowest BCUT2D eigenvalue weighted by Crippen LogP contribution is -1.91. The van der Waals surface area contributed by atoms with E-state index >= 15 is 0 Å². The van der Waals surface area contributed by atoms with Gasteiger partial charge in [0.25, 0.3) is 0 Å². The van der Waals surface area contributed by atoms with Crippen LogP contribution < -0.4 is 4.74 Å². The molecule has 0 bridgehead atoms. The zero-order valence-electron chi connectivity index (χ0n) is 9.23. The largest absolute Gasteiger partial charge is 0.497 e. The summed E-state index contributed by atoms with van der Waals surface area (Å²) in [5, 5.41) is 7.77. The van der Waals surface area contributed by atoms with Gasteiger partial charge in [-0.05, 0) is 24.0 Å². The Morgan fingerprint density at radius 1 is 1.31 bits per heavy atom. The van der Waals surface area contributed by atoms with Gasteiger partial charge in [0.2, 0.25) is 5.16 Å². The number of ether oxygens (including phenoxy) is 1. The smallest absolute Gasteiger partial charge is 0.208 e. The second-order valence-corrected chi connectivity index (χ2v) is 4.07. The zero-order valence-corrected chi connectivity index (χ0v) is 10.0. The third-order valence-electron chi connectivity index (χ3n) is 2.22. The van der Waals surface area contributed by atoms with Crippen LogP contribution in [0.5, 0.6) is 5.75 Å². The van der Waals surface area contributed by atoms with E-state index in [1.807, 2.05) is 30.5 Å². The van der Waals surface area contributed by atoms with Crippen molar-refractivity contribution in [3.8, 4) is 5.75 Å². The molecular weight excluding hydrogens is 222 g/mol. The van der Waals surface area contributed by atoms with Crippen molar-refractivity contribution in [2.45, 2.75) is 11.6 Å². The van der Waals surface area contributed by atoms with Crippen LogP contribution in [0.2, 0.25) is 0 Å². The lowest BCUT2D eigenvalue weighted by Gasteiger charge is -2.01. The Bertz CT molecular complexity index is 453. The molecule has 0 spiro atoms. The van der Waals surface area contributed by atoms with Gasteiger partial charge in [0.05, 0.1) is 7.11 Å². The van der Waals surface area contributed by atoms with Crippen LogP contribution in [0.3, 0.4) is 0 Å². The van der Waals surface area contributed by atoms with Gasteiger partial charge in [-0.2, -0.15) is 0 Å². The molecule has 84 valence electrons. The second kappa shape index (κ2) is 5.03. The average molecular weight is 235 g/mol. The normalized spacial score (nSPS) is 10.4. The summed E-state index contributed by atoms with van der Waals surface area (Å²) >= 11 is 1.53. The predicted octanol–water partition coefficient (Wildman–Crippen LogP) is 2.13. The third-order valence-corrected chi connectivity index (χ3v) is 2.77. The van der Waals surface area contributed by atoms with Crippen molar-refractivity contribution in [2.75, 3.05) is 13.4 Å². The Labute approximate surface area is 98.4 Å². The highest BCUT2D eigenvalue weighted by Gasteiger charge is 2.03. The van der Waals surface area contributed by atoms with E-state index in [0.29, 0.717) is 0 Å². The van der Waals surface area contributed by atoms with Gasteiger partial charge in [0.15, 0.2) is 0 Å². The minimum Gasteiger partial charge on any atom is -0.497 e. The maximum atomic E-state index is 5.10. The maximum Gasteiger partial charge on any atom is 0.208 e. The Morgan fingerprint density at radius 3 is 2.62 bits per heavy atom. The molecule has 0 aliphatic heterocycles. The zero-order chi connectivity index (χ0) is 11.4. The molecule has 5 heteroatoms. The fourth-order valence-corrected chi connectivity index (χ4v) is 1.72. The summed E-state index contributed by atoms with van der Waals surface area (Å²) in [7, 11) is 1.66. The molecule has 0 atom stereocenters. The molecule has 0 aliphatic carbocycles. The van der Waals surface area contributed by atoms with E-state index in [1.54, 1.807) is 7.11 Å². The Kier molecular flexibility index (Phi) is 3.46. The van der Waals surface area contributed by atoms with E-state index in [9.17, 15) is 0 Å². The van der Waals surface area contributed by atoms with Crippen LogP contribution in [0.15, 0.2) is 29.4 Å². The van der Waals surface area contributed by atoms with Crippen molar-refractivity contribution in [3.63, 3.8) is 0 Å². The van der Waals surface area contributed by atoms with E-state index in [2.05, 4.69) is 15.2 Å². The molecule has 1 aromatic heterocycles. The number of hydrogen-bond donors (Lipinski definition) is 1. The van der Waals surface area contributed by atoms with Crippen LogP contribution in [0.25, 0.3) is 0 Å². The Balaban J connectivity index is 2.08. The van der Waals surface area contributed by atoms with E-state index in [-0.39, 0.29) is 0 Å².